The van der Waals surface area contributed by atoms with Crippen LogP contribution in [-0.2, 0) is 12.6 Å². The van der Waals surface area contributed by atoms with E-state index in [0.29, 0.717) is 16.8 Å². The maximum Gasteiger partial charge on any atom is 0.417 e. The predicted molar refractivity (Wildman–Crippen MR) is 102 cm³/mol. The van der Waals surface area contributed by atoms with E-state index < -0.39 is 11.7 Å². The van der Waals surface area contributed by atoms with E-state index >= 15 is 0 Å². The highest BCUT2D eigenvalue weighted by molar-refractivity contribution is 7.09. The molecular weight excluding hydrogens is 429 g/mol. The predicted octanol–water partition coefficient (Wildman–Crippen LogP) is 5.47. The number of pyridine rings is 1. The van der Waals surface area contributed by atoms with E-state index in [2.05, 4.69) is 9.97 Å². The lowest BCUT2D eigenvalue weighted by molar-refractivity contribution is -0.137. The first-order valence-corrected chi connectivity index (χ1v) is 9.87. The fraction of sp³-hybridized carbons (Fsp3) is 0.263. The number of benzene rings is 1. The van der Waals surface area contributed by atoms with E-state index in [9.17, 15) is 23.1 Å². The van der Waals surface area contributed by atoms with E-state index in [-0.39, 0.29) is 27.6 Å². The largest absolute Gasteiger partial charge is 0.494 e. The molecule has 0 fully saturated rings. The minimum absolute atomic E-state index is 0.107. The molecule has 0 bridgehead atoms. The summed E-state index contributed by atoms with van der Waals surface area (Å²) < 4.78 is 43.8. The molecule has 2 N–H and O–H groups in total. The van der Waals surface area contributed by atoms with Crippen molar-refractivity contribution in [3.05, 3.63) is 66.7 Å². The van der Waals surface area contributed by atoms with Gasteiger partial charge in [-0.2, -0.15) is 13.2 Å². The molecule has 0 spiro atoms. The molecule has 5 nitrogen and oxygen atoms in total. The summed E-state index contributed by atoms with van der Waals surface area (Å²) in [6.07, 6.45) is -1.44. The number of fused-ring (bicyclic) bond motifs is 1. The van der Waals surface area contributed by atoms with Gasteiger partial charge in [0.2, 0.25) is 11.8 Å². The number of H-pyrrole nitrogens is 1. The van der Waals surface area contributed by atoms with Gasteiger partial charge in [0.1, 0.15) is 10.8 Å². The number of aromatic amines is 1. The Bertz CT molecular complexity index is 1130. The number of nitrogens with zero attached hydrogens (tertiary/aromatic N) is 1. The van der Waals surface area contributed by atoms with E-state index in [0.717, 1.165) is 47.8 Å². The molecule has 29 heavy (non-hydrogen) atoms. The molecule has 1 aliphatic rings. The zero-order valence-corrected chi connectivity index (χ0v) is 16.3. The molecule has 1 aromatic carbocycles. The minimum atomic E-state index is -4.54. The fourth-order valence-electron chi connectivity index (χ4n) is 3.46. The molecule has 0 radical (unpaired) electrons. The van der Waals surface area contributed by atoms with E-state index in [1.165, 1.54) is 0 Å². The summed E-state index contributed by atoms with van der Waals surface area (Å²) in [6.45, 7) is 0. The lowest BCUT2D eigenvalue weighted by atomic mass is 9.82. The van der Waals surface area contributed by atoms with Crippen LogP contribution in [0, 0.1) is 0 Å². The molecule has 0 saturated carbocycles. The van der Waals surface area contributed by atoms with Crippen LogP contribution in [0.15, 0.2) is 35.3 Å². The Balaban J connectivity index is 1.62. The molecule has 1 aliphatic carbocycles. The highest BCUT2D eigenvalue weighted by Gasteiger charge is 2.32. The van der Waals surface area contributed by atoms with E-state index in [1.807, 2.05) is 6.07 Å². The SMILES string of the molecule is O=c1[nH]c(O)c([C@@H]2CCCc3cc(Oc4ncc(C(F)(F)F)cc4Cl)ccc32)s1. The van der Waals surface area contributed by atoms with Gasteiger partial charge in [0, 0.05) is 12.1 Å². The first kappa shape index (κ1) is 19.8. The summed E-state index contributed by atoms with van der Waals surface area (Å²) in [5.74, 6) is 0.0574. The summed E-state index contributed by atoms with van der Waals surface area (Å²) in [5.41, 5.74) is 0.996. The zero-order chi connectivity index (χ0) is 20.8. The highest BCUT2D eigenvalue weighted by Crippen LogP contribution is 2.42. The number of hydrogen-bond donors (Lipinski definition) is 2. The molecule has 4 rings (SSSR count). The topological polar surface area (TPSA) is 75.2 Å². The van der Waals surface area contributed by atoms with Crippen molar-refractivity contribution in [3.63, 3.8) is 0 Å². The first-order valence-electron chi connectivity index (χ1n) is 8.68. The van der Waals surface area contributed by atoms with Gasteiger partial charge in [-0.05, 0) is 48.6 Å². The van der Waals surface area contributed by atoms with Gasteiger partial charge in [0.05, 0.1) is 10.4 Å². The van der Waals surface area contributed by atoms with E-state index in [4.69, 9.17) is 16.3 Å². The molecule has 0 amide bonds. The zero-order valence-electron chi connectivity index (χ0n) is 14.7. The summed E-state index contributed by atoms with van der Waals surface area (Å²) in [4.78, 5) is 17.9. The van der Waals surface area contributed by atoms with Gasteiger partial charge in [-0.1, -0.05) is 29.0 Å². The Morgan fingerprint density at radius 1 is 1.31 bits per heavy atom. The average molecular weight is 443 g/mol. The molecular formula is C19H14ClF3N2O3S. The normalized spacial score (nSPS) is 16.5. The number of rotatable bonds is 3. The number of alkyl halides is 3. The van der Waals surface area contributed by atoms with Crippen LogP contribution in [0.2, 0.25) is 5.02 Å². The second-order valence-corrected chi connectivity index (χ2v) is 8.07. The van der Waals surface area contributed by atoms with Gasteiger partial charge in [-0.3, -0.25) is 9.78 Å². The summed E-state index contributed by atoms with van der Waals surface area (Å²) in [5, 5.41) is 9.76. The number of ether oxygens (including phenoxy) is 1. The van der Waals surface area contributed by atoms with Crippen LogP contribution in [0.3, 0.4) is 0 Å². The van der Waals surface area contributed by atoms with Crippen LogP contribution in [-0.4, -0.2) is 15.1 Å². The van der Waals surface area contributed by atoms with Crippen LogP contribution >= 0.6 is 22.9 Å². The molecule has 2 aromatic heterocycles. The average Bonchev–Trinajstić information content (AvgIpc) is 3.00. The number of nitrogens with one attached hydrogen (secondary N) is 1. The smallest absolute Gasteiger partial charge is 0.417 e. The van der Waals surface area contributed by atoms with Gasteiger partial charge in [0.15, 0.2) is 0 Å². The monoisotopic (exact) mass is 442 g/mol. The van der Waals surface area contributed by atoms with Gasteiger partial charge < -0.3 is 9.84 Å². The molecule has 3 aromatic rings. The Hall–Kier alpha value is -2.52. The number of hydrogen-bond acceptors (Lipinski definition) is 5. The van der Waals surface area contributed by atoms with Crippen molar-refractivity contribution in [1.29, 1.82) is 0 Å². The third kappa shape index (κ3) is 3.97. The number of halogens is 4. The van der Waals surface area contributed by atoms with Crippen LogP contribution in [0.1, 0.15) is 40.3 Å². The van der Waals surface area contributed by atoms with Crippen molar-refractivity contribution in [1.82, 2.24) is 9.97 Å². The third-order valence-corrected chi connectivity index (χ3v) is 6.01. The lowest BCUT2D eigenvalue weighted by Crippen LogP contribution is -2.10. The van der Waals surface area contributed by atoms with Crippen LogP contribution in [0.25, 0.3) is 0 Å². The molecule has 10 heteroatoms. The quantitative estimate of drug-likeness (QED) is 0.564. The molecule has 0 saturated heterocycles. The number of aromatic hydroxyl groups is 1. The Morgan fingerprint density at radius 3 is 2.76 bits per heavy atom. The second kappa shape index (κ2) is 7.38. The number of aryl methyl sites for hydroxylation is 1. The van der Waals surface area contributed by atoms with Crippen LogP contribution in [0.5, 0.6) is 17.5 Å². The highest BCUT2D eigenvalue weighted by atomic mass is 35.5. The van der Waals surface area contributed by atoms with Crippen molar-refractivity contribution in [3.8, 4) is 17.5 Å². The number of thiazole rings is 1. The van der Waals surface area contributed by atoms with Gasteiger partial charge in [-0.25, -0.2) is 4.98 Å². The van der Waals surface area contributed by atoms with Gasteiger partial charge in [-0.15, -0.1) is 0 Å². The Morgan fingerprint density at radius 2 is 2.10 bits per heavy atom. The fourth-order valence-corrected chi connectivity index (χ4v) is 4.55. The second-order valence-electron chi connectivity index (χ2n) is 6.64. The summed E-state index contributed by atoms with van der Waals surface area (Å²) in [6, 6.07) is 6.05. The van der Waals surface area contributed by atoms with E-state index in [1.54, 1.807) is 12.1 Å². The standard InChI is InChI=1S/C19H14ClF3N2O3S/c20-14-7-10(19(21,22)23)8-24-17(14)28-11-4-5-12-9(6-11)2-1-3-13(12)15-16(26)25-18(27)29-15/h4-8,13,26H,1-3H2,(H,25,27)/t13-/m1/s1. The molecule has 0 unspecified atom stereocenters. The van der Waals surface area contributed by atoms with Crippen molar-refractivity contribution in [2.24, 2.45) is 0 Å². The van der Waals surface area contributed by atoms with Crippen LogP contribution in [0.4, 0.5) is 13.2 Å². The van der Waals surface area contributed by atoms with Crippen LogP contribution < -0.4 is 9.61 Å². The third-order valence-electron chi connectivity index (χ3n) is 4.75. The van der Waals surface area contributed by atoms with Crippen molar-refractivity contribution < 1.29 is 23.0 Å². The maximum absolute atomic E-state index is 12.7. The summed E-state index contributed by atoms with van der Waals surface area (Å²) >= 11 is 6.89. The number of aromatic nitrogens is 2. The summed E-state index contributed by atoms with van der Waals surface area (Å²) in [7, 11) is 0. The van der Waals surface area contributed by atoms with Crippen molar-refractivity contribution >= 4 is 22.9 Å². The minimum Gasteiger partial charge on any atom is -0.494 e. The van der Waals surface area contributed by atoms with Gasteiger partial charge >= 0.3 is 11.0 Å². The van der Waals surface area contributed by atoms with Gasteiger partial charge in [0.25, 0.3) is 0 Å². The lowest BCUT2D eigenvalue weighted by Gasteiger charge is -2.25. The molecule has 152 valence electrons. The molecule has 2 heterocycles. The Labute approximate surface area is 171 Å². The molecule has 0 aliphatic heterocycles. The maximum atomic E-state index is 12.7. The molecule has 1 atom stereocenters. The van der Waals surface area contributed by atoms with Crippen molar-refractivity contribution in [2.45, 2.75) is 31.4 Å². The first-order chi connectivity index (χ1) is 13.7. The Kier molecular flexibility index (Phi) is 5.04. The van der Waals surface area contributed by atoms with Crippen molar-refractivity contribution in [2.75, 3.05) is 0 Å².